The Hall–Kier alpha value is -2.56. The third-order valence-electron chi connectivity index (χ3n) is 3.05. The number of para-hydroxylation sites is 1. The molecule has 0 N–H and O–H groups in total. The number of benzene rings is 1. The van der Waals surface area contributed by atoms with Crippen molar-refractivity contribution in [2.75, 3.05) is 28.3 Å². The first kappa shape index (κ1) is 14.8. The second-order valence-electron chi connectivity index (χ2n) is 4.65. The normalized spacial score (nSPS) is 10.1. The molecule has 0 fully saturated rings. The first-order valence-corrected chi connectivity index (χ1v) is 6.48. The summed E-state index contributed by atoms with van der Waals surface area (Å²) < 4.78 is 10.7. The quantitative estimate of drug-likeness (QED) is 0.866. The molecular weight excluding hydrogens is 268 g/mol. The third-order valence-corrected chi connectivity index (χ3v) is 3.05. The van der Waals surface area contributed by atoms with Crippen LogP contribution in [0.3, 0.4) is 0 Å². The number of pyridine rings is 1. The topological polar surface area (TPSA) is 51.7 Å². The van der Waals surface area contributed by atoms with Crippen LogP contribution in [0.5, 0.6) is 11.5 Å². The van der Waals surface area contributed by atoms with E-state index in [1.165, 1.54) is 4.90 Å². The zero-order valence-electron chi connectivity index (χ0n) is 12.6. The summed E-state index contributed by atoms with van der Waals surface area (Å²) in [6.45, 7) is 0. The van der Waals surface area contributed by atoms with E-state index in [2.05, 4.69) is 4.98 Å². The molecule has 1 amide bonds. The minimum atomic E-state index is -0.140. The fraction of sp³-hybridized carbons (Fsp3) is 0.250. The largest absolute Gasteiger partial charge is 0.493 e. The molecule has 2 aromatic rings. The molecule has 0 bridgehead atoms. The molecule has 0 aliphatic rings. The summed E-state index contributed by atoms with van der Waals surface area (Å²) in [4.78, 5) is 17.9. The molecule has 21 heavy (non-hydrogen) atoms. The van der Waals surface area contributed by atoms with Crippen LogP contribution in [0.4, 0.5) is 0 Å². The number of carbonyl (C=O) groups is 1. The van der Waals surface area contributed by atoms with Gasteiger partial charge in [0, 0.05) is 19.7 Å². The summed E-state index contributed by atoms with van der Waals surface area (Å²) in [5, 5.41) is 0. The van der Waals surface area contributed by atoms with Crippen molar-refractivity contribution in [2.24, 2.45) is 0 Å². The second-order valence-corrected chi connectivity index (χ2v) is 4.65. The molecule has 1 aromatic heterocycles. The molecule has 5 heteroatoms. The van der Waals surface area contributed by atoms with Crippen LogP contribution in [0, 0.1) is 0 Å². The molecule has 0 aliphatic carbocycles. The zero-order valence-corrected chi connectivity index (χ0v) is 12.6. The lowest BCUT2D eigenvalue weighted by Crippen LogP contribution is -2.22. The summed E-state index contributed by atoms with van der Waals surface area (Å²) in [5.74, 6) is 1.09. The van der Waals surface area contributed by atoms with Gasteiger partial charge in [-0.2, -0.15) is 0 Å². The van der Waals surface area contributed by atoms with Gasteiger partial charge in [0.05, 0.1) is 19.9 Å². The van der Waals surface area contributed by atoms with Crippen LogP contribution in [0.1, 0.15) is 10.5 Å². The monoisotopic (exact) mass is 286 g/mol. The van der Waals surface area contributed by atoms with E-state index >= 15 is 0 Å². The highest BCUT2D eigenvalue weighted by Gasteiger charge is 2.15. The van der Waals surface area contributed by atoms with Crippen LogP contribution >= 0.6 is 0 Å². The van der Waals surface area contributed by atoms with Gasteiger partial charge in [-0.15, -0.1) is 0 Å². The number of carbonyl (C=O) groups excluding carboxylic acids is 1. The third kappa shape index (κ3) is 2.97. The van der Waals surface area contributed by atoms with Crippen LogP contribution < -0.4 is 9.47 Å². The van der Waals surface area contributed by atoms with Crippen LogP contribution in [0.25, 0.3) is 11.3 Å². The standard InChI is InChI=1S/C16H18N2O3/c1-18(2)16(19)13-9-6-8-12(17-13)11-7-5-10-14(20-3)15(11)21-4/h5-10H,1-4H3. The number of methoxy groups -OCH3 is 2. The Kier molecular flexibility index (Phi) is 4.42. The fourth-order valence-corrected chi connectivity index (χ4v) is 2.02. The summed E-state index contributed by atoms with van der Waals surface area (Å²) in [7, 11) is 6.56. The molecule has 0 spiro atoms. The van der Waals surface area contributed by atoms with E-state index in [4.69, 9.17) is 9.47 Å². The molecule has 2 rings (SSSR count). The Balaban J connectivity index is 2.53. The Morgan fingerprint density at radius 1 is 1.05 bits per heavy atom. The molecule has 0 aliphatic heterocycles. The van der Waals surface area contributed by atoms with Gasteiger partial charge >= 0.3 is 0 Å². The van der Waals surface area contributed by atoms with Crippen molar-refractivity contribution in [3.8, 4) is 22.8 Å². The summed E-state index contributed by atoms with van der Waals surface area (Å²) in [6, 6.07) is 10.9. The molecule has 0 saturated heterocycles. The van der Waals surface area contributed by atoms with Gasteiger partial charge in [-0.1, -0.05) is 12.1 Å². The van der Waals surface area contributed by atoms with Gasteiger partial charge in [-0.25, -0.2) is 4.98 Å². The van der Waals surface area contributed by atoms with Gasteiger partial charge in [0.15, 0.2) is 11.5 Å². The van der Waals surface area contributed by atoms with E-state index in [1.807, 2.05) is 24.3 Å². The van der Waals surface area contributed by atoms with E-state index in [0.717, 1.165) is 5.56 Å². The first-order valence-electron chi connectivity index (χ1n) is 6.48. The Labute approximate surface area is 124 Å². The summed E-state index contributed by atoms with van der Waals surface area (Å²) >= 11 is 0. The molecule has 0 unspecified atom stereocenters. The average Bonchev–Trinajstić information content (AvgIpc) is 2.53. The number of rotatable bonds is 4. The second kappa shape index (κ2) is 6.26. The minimum absolute atomic E-state index is 0.140. The van der Waals surface area contributed by atoms with E-state index in [-0.39, 0.29) is 5.91 Å². The average molecular weight is 286 g/mol. The SMILES string of the molecule is COc1cccc(-c2cccc(C(=O)N(C)C)n2)c1OC. The van der Waals surface area contributed by atoms with Crippen LogP contribution in [-0.2, 0) is 0 Å². The van der Waals surface area contributed by atoms with E-state index in [9.17, 15) is 4.79 Å². The first-order chi connectivity index (χ1) is 10.1. The van der Waals surface area contributed by atoms with Crippen molar-refractivity contribution >= 4 is 5.91 Å². The summed E-state index contributed by atoms with van der Waals surface area (Å²) in [6.07, 6.45) is 0. The molecule has 0 radical (unpaired) electrons. The van der Waals surface area contributed by atoms with Crippen molar-refractivity contribution in [3.63, 3.8) is 0 Å². The molecule has 1 heterocycles. The van der Waals surface area contributed by atoms with Crippen molar-refractivity contribution in [2.45, 2.75) is 0 Å². The van der Waals surface area contributed by atoms with Gasteiger partial charge in [-0.05, 0) is 24.3 Å². The summed E-state index contributed by atoms with van der Waals surface area (Å²) in [5.41, 5.74) is 1.84. The number of ether oxygens (including phenoxy) is 2. The van der Waals surface area contributed by atoms with E-state index < -0.39 is 0 Å². The predicted molar refractivity (Wildman–Crippen MR) is 80.8 cm³/mol. The Morgan fingerprint density at radius 3 is 2.38 bits per heavy atom. The smallest absolute Gasteiger partial charge is 0.271 e. The van der Waals surface area contributed by atoms with Gasteiger partial charge < -0.3 is 14.4 Å². The van der Waals surface area contributed by atoms with E-state index in [1.54, 1.807) is 40.4 Å². The van der Waals surface area contributed by atoms with Gasteiger partial charge in [0.25, 0.3) is 5.91 Å². The number of aromatic nitrogens is 1. The maximum Gasteiger partial charge on any atom is 0.271 e. The highest BCUT2D eigenvalue weighted by molar-refractivity contribution is 5.92. The van der Waals surface area contributed by atoms with Crippen molar-refractivity contribution < 1.29 is 14.3 Å². The van der Waals surface area contributed by atoms with Gasteiger partial charge in [0.2, 0.25) is 0 Å². The molecule has 5 nitrogen and oxygen atoms in total. The van der Waals surface area contributed by atoms with Gasteiger partial charge in [0.1, 0.15) is 5.69 Å². The maximum absolute atomic E-state index is 12.0. The highest BCUT2D eigenvalue weighted by Crippen LogP contribution is 2.36. The lowest BCUT2D eigenvalue weighted by atomic mass is 10.1. The highest BCUT2D eigenvalue weighted by atomic mass is 16.5. The number of amides is 1. The van der Waals surface area contributed by atoms with Crippen LogP contribution in [0.15, 0.2) is 36.4 Å². The fourth-order valence-electron chi connectivity index (χ4n) is 2.02. The lowest BCUT2D eigenvalue weighted by Gasteiger charge is -2.13. The van der Waals surface area contributed by atoms with Crippen LogP contribution in [-0.4, -0.2) is 44.1 Å². The number of nitrogens with zero attached hydrogens (tertiary/aromatic N) is 2. The van der Waals surface area contributed by atoms with Crippen molar-refractivity contribution in [1.29, 1.82) is 0 Å². The molecule has 110 valence electrons. The molecule has 0 saturated carbocycles. The zero-order chi connectivity index (χ0) is 15.4. The van der Waals surface area contributed by atoms with Crippen molar-refractivity contribution in [3.05, 3.63) is 42.1 Å². The molecule has 0 atom stereocenters. The van der Waals surface area contributed by atoms with Crippen molar-refractivity contribution in [1.82, 2.24) is 9.88 Å². The van der Waals surface area contributed by atoms with Gasteiger partial charge in [-0.3, -0.25) is 4.79 Å². The Bertz CT molecular complexity index is 654. The number of hydrogen-bond acceptors (Lipinski definition) is 4. The maximum atomic E-state index is 12.0. The predicted octanol–water partition coefficient (Wildman–Crippen LogP) is 2.47. The van der Waals surface area contributed by atoms with E-state index in [0.29, 0.717) is 22.9 Å². The minimum Gasteiger partial charge on any atom is -0.493 e. The molecule has 1 aromatic carbocycles. The Morgan fingerprint density at radius 2 is 1.76 bits per heavy atom. The number of hydrogen-bond donors (Lipinski definition) is 0. The molecular formula is C16H18N2O3. The lowest BCUT2D eigenvalue weighted by molar-refractivity contribution is 0.0822. The van der Waals surface area contributed by atoms with Crippen LogP contribution in [0.2, 0.25) is 0 Å².